The monoisotopic (exact) mass is 111 g/mol. The normalized spacial score (nSPS) is 4.29. The minimum atomic E-state index is -1.83. The minimum Gasteiger partial charge on any atom is -0.450 e. The molecule has 5 nitrogen and oxygen atoms in total. The fraction of sp³-hybridized carbons (Fsp3) is 0.500. The maximum atomic E-state index is 8.56. The molecule has 7 heavy (non-hydrogen) atoms. The van der Waals surface area contributed by atoms with Gasteiger partial charge in [-0.15, -0.1) is 0 Å². The lowest BCUT2D eigenvalue weighted by molar-refractivity contribution is 0.137. The number of aliphatic hydroxyl groups is 1. The Morgan fingerprint density at radius 3 is 1.29 bits per heavy atom. The van der Waals surface area contributed by atoms with Crippen LogP contribution in [0.25, 0.3) is 0 Å². The lowest BCUT2D eigenvalue weighted by Gasteiger charge is -1.60. The average molecular weight is 111 g/mol. The first kappa shape index (κ1) is 16.4. The van der Waals surface area contributed by atoms with Gasteiger partial charge in [0.05, 0.1) is 0 Å². The van der Waals surface area contributed by atoms with Crippen LogP contribution < -0.4 is 6.15 Å². The second-order valence-corrected chi connectivity index (χ2v) is 0.283. The Balaban J connectivity index is -0.0000000480. The molecule has 0 fully saturated rings. The van der Waals surface area contributed by atoms with Gasteiger partial charge in [-0.3, -0.25) is 0 Å². The van der Waals surface area contributed by atoms with E-state index in [0.717, 1.165) is 7.11 Å². The van der Waals surface area contributed by atoms with Crippen LogP contribution >= 0.6 is 0 Å². The van der Waals surface area contributed by atoms with Gasteiger partial charge in [0.15, 0.2) is 0 Å². The van der Waals surface area contributed by atoms with Crippen LogP contribution in [-0.2, 0) is 0 Å². The quantitative estimate of drug-likeness (QED) is 0.351. The van der Waals surface area contributed by atoms with E-state index >= 15 is 0 Å². The molecule has 6 N–H and O–H groups in total. The van der Waals surface area contributed by atoms with Crippen molar-refractivity contribution in [1.29, 1.82) is 0 Å². The van der Waals surface area contributed by atoms with Gasteiger partial charge in [-0.25, -0.2) is 4.79 Å². The van der Waals surface area contributed by atoms with Gasteiger partial charge >= 0.3 is 6.16 Å². The van der Waals surface area contributed by atoms with Crippen LogP contribution in [0.1, 0.15) is 0 Å². The van der Waals surface area contributed by atoms with Gasteiger partial charge in [-0.1, -0.05) is 0 Å². The number of hydrogen-bond acceptors (Lipinski definition) is 3. The van der Waals surface area contributed by atoms with Crippen molar-refractivity contribution in [2.75, 3.05) is 7.11 Å². The molecule has 0 rings (SSSR count). The number of carbonyl (C=O) groups is 1. The molecule has 0 aromatic rings. The van der Waals surface area contributed by atoms with Crippen molar-refractivity contribution < 1.29 is 20.1 Å². The zero-order chi connectivity index (χ0) is 5.58. The summed E-state index contributed by atoms with van der Waals surface area (Å²) in [7, 11) is 1.00. The zero-order valence-corrected chi connectivity index (χ0v) is 3.96. The molecule has 5 heteroatoms. The maximum absolute atomic E-state index is 8.56. The summed E-state index contributed by atoms with van der Waals surface area (Å²) in [5, 5.41) is 20.9. The molecular formula is C2H9NO4. The van der Waals surface area contributed by atoms with Gasteiger partial charge < -0.3 is 21.5 Å². The maximum Gasteiger partial charge on any atom is 0.503 e. The van der Waals surface area contributed by atoms with E-state index in [1.165, 1.54) is 0 Å². The Kier molecular flexibility index (Phi) is 44.5. The second-order valence-electron chi connectivity index (χ2n) is 0.283. The summed E-state index contributed by atoms with van der Waals surface area (Å²) < 4.78 is 0. The third kappa shape index (κ3) is 80.5. The predicted octanol–water partition coefficient (Wildman–Crippen LogP) is -0.00710. The van der Waals surface area contributed by atoms with Gasteiger partial charge in [0, 0.05) is 7.11 Å². The summed E-state index contributed by atoms with van der Waals surface area (Å²) in [6.07, 6.45) is -1.83. The lowest BCUT2D eigenvalue weighted by atomic mass is 11.5. The molecule has 0 aliphatic rings. The van der Waals surface area contributed by atoms with E-state index in [1.807, 2.05) is 0 Å². The molecule has 46 valence electrons. The van der Waals surface area contributed by atoms with Crippen molar-refractivity contribution >= 4 is 6.16 Å². The molecule has 0 unspecified atom stereocenters. The van der Waals surface area contributed by atoms with E-state index in [9.17, 15) is 0 Å². The highest BCUT2D eigenvalue weighted by Gasteiger charge is 1.70. The fourth-order valence-corrected chi connectivity index (χ4v) is 0. The number of rotatable bonds is 0. The highest BCUT2D eigenvalue weighted by molar-refractivity contribution is 5.53. The molecule has 0 saturated carbocycles. The van der Waals surface area contributed by atoms with Gasteiger partial charge in [-0.2, -0.15) is 0 Å². The summed E-state index contributed by atoms with van der Waals surface area (Å²) in [4.78, 5) is 8.56. The molecule has 0 spiro atoms. The molecule has 0 aromatic heterocycles. The highest BCUT2D eigenvalue weighted by atomic mass is 16.6. The van der Waals surface area contributed by atoms with E-state index in [4.69, 9.17) is 20.1 Å². The molecule has 0 aromatic carbocycles. The number of aliphatic hydroxyl groups excluding tert-OH is 1. The highest BCUT2D eigenvalue weighted by Crippen LogP contribution is 1.42. The Labute approximate surface area is 40.8 Å². The second kappa shape index (κ2) is 19.0. The van der Waals surface area contributed by atoms with E-state index in [1.54, 1.807) is 0 Å². The van der Waals surface area contributed by atoms with Crippen molar-refractivity contribution in [2.45, 2.75) is 0 Å². The molecule has 0 saturated heterocycles. The van der Waals surface area contributed by atoms with Crippen molar-refractivity contribution in [2.24, 2.45) is 0 Å². The van der Waals surface area contributed by atoms with Crippen LogP contribution in [0.5, 0.6) is 0 Å². The Morgan fingerprint density at radius 1 is 1.29 bits per heavy atom. The average Bonchev–Trinajstić information content (AvgIpc) is 1.41. The summed E-state index contributed by atoms with van der Waals surface area (Å²) >= 11 is 0. The van der Waals surface area contributed by atoms with Crippen molar-refractivity contribution in [1.82, 2.24) is 6.15 Å². The smallest absolute Gasteiger partial charge is 0.450 e. The number of hydrogen-bond donors (Lipinski definition) is 4. The predicted molar refractivity (Wildman–Crippen MR) is 23.8 cm³/mol. The molecule has 0 heterocycles. The molecule has 0 aliphatic heterocycles. The largest absolute Gasteiger partial charge is 0.503 e. The van der Waals surface area contributed by atoms with Crippen LogP contribution in [0.4, 0.5) is 4.79 Å². The summed E-state index contributed by atoms with van der Waals surface area (Å²) in [5.74, 6) is 0. The molecule has 0 atom stereocenters. The molecule has 0 radical (unpaired) electrons. The van der Waals surface area contributed by atoms with Gasteiger partial charge in [0.1, 0.15) is 0 Å². The van der Waals surface area contributed by atoms with Gasteiger partial charge in [-0.05, 0) is 0 Å². The fourth-order valence-electron chi connectivity index (χ4n) is 0. The van der Waals surface area contributed by atoms with Crippen LogP contribution in [0.15, 0.2) is 0 Å². The first-order valence-corrected chi connectivity index (χ1v) is 1.10. The van der Waals surface area contributed by atoms with Crippen LogP contribution in [0.3, 0.4) is 0 Å². The van der Waals surface area contributed by atoms with E-state index in [0.29, 0.717) is 0 Å². The summed E-state index contributed by atoms with van der Waals surface area (Å²) in [6, 6.07) is 0. The van der Waals surface area contributed by atoms with E-state index in [-0.39, 0.29) is 6.15 Å². The van der Waals surface area contributed by atoms with Crippen molar-refractivity contribution in [3.8, 4) is 0 Å². The standard InChI is InChI=1S/CH2O3.CH4O.H3N/c2-1(3)4;1-2;/h(H2,2,3,4);2H,1H3;1H3. The van der Waals surface area contributed by atoms with E-state index < -0.39 is 6.16 Å². The number of carboxylic acid groups (broad SMARTS) is 2. The van der Waals surface area contributed by atoms with Gasteiger partial charge in [0.2, 0.25) is 0 Å². The summed E-state index contributed by atoms with van der Waals surface area (Å²) in [6.45, 7) is 0. The van der Waals surface area contributed by atoms with Crippen LogP contribution in [0.2, 0.25) is 0 Å². The van der Waals surface area contributed by atoms with E-state index in [2.05, 4.69) is 0 Å². The molecular weight excluding hydrogens is 102 g/mol. The van der Waals surface area contributed by atoms with Crippen molar-refractivity contribution in [3.05, 3.63) is 0 Å². The topological polar surface area (TPSA) is 113 Å². The van der Waals surface area contributed by atoms with Gasteiger partial charge in [0.25, 0.3) is 0 Å². The SMILES string of the molecule is CO.N.O=C(O)O. The van der Waals surface area contributed by atoms with Crippen molar-refractivity contribution in [3.63, 3.8) is 0 Å². The third-order valence-corrected chi connectivity index (χ3v) is 0. The Morgan fingerprint density at radius 2 is 1.29 bits per heavy atom. The minimum absolute atomic E-state index is 0. The Hall–Kier alpha value is -0.810. The lowest BCUT2D eigenvalue weighted by Crippen LogP contribution is -1.81. The molecule has 0 amide bonds. The Bertz CT molecular complexity index is 32.7. The summed E-state index contributed by atoms with van der Waals surface area (Å²) in [5.41, 5.74) is 0. The zero-order valence-electron chi connectivity index (χ0n) is 3.96. The van der Waals surface area contributed by atoms with Crippen LogP contribution in [0, 0.1) is 0 Å². The molecule has 0 aliphatic carbocycles. The first-order chi connectivity index (χ1) is 2.73. The first-order valence-electron chi connectivity index (χ1n) is 1.10. The third-order valence-electron chi connectivity index (χ3n) is 0. The van der Waals surface area contributed by atoms with Crippen LogP contribution in [-0.4, -0.2) is 28.6 Å². The molecule has 0 bridgehead atoms.